The second kappa shape index (κ2) is 16.8. The maximum absolute atomic E-state index is 14.4. The number of aryl methyl sites for hydroxylation is 3. The van der Waals surface area contributed by atoms with Gasteiger partial charge in [0.1, 0.15) is 11.2 Å². The summed E-state index contributed by atoms with van der Waals surface area (Å²) in [4.78, 5) is 16.8. The summed E-state index contributed by atoms with van der Waals surface area (Å²) in [5, 5.41) is 11.7. The van der Waals surface area contributed by atoms with Crippen molar-refractivity contribution >= 4 is 38.0 Å². The van der Waals surface area contributed by atoms with Gasteiger partial charge in [0, 0.05) is 58.5 Å². The molecule has 3 nitrogen and oxygen atoms in total. The molecule has 0 bridgehead atoms. The van der Waals surface area contributed by atoms with Crippen LogP contribution in [0.1, 0.15) is 110 Å². The van der Waals surface area contributed by atoms with Crippen LogP contribution in [0.3, 0.4) is 0 Å². The number of aromatic nitrogens is 1. The van der Waals surface area contributed by atoms with E-state index in [0.29, 0.717) is 27.6 Å². The number of carbonyl (C=O) groups excluding carboxylic acids is 1. The minimum absolute atomic E-state index is 0. The number of aliphatic hydroxyl groups excluding tert-OH is 1. The van der Waals surface area contributed by atoms with Crippen LogP contribution in [-0.4, -0.2) is 22.1 Å². The molecule has 1 radical (unpaired) electrons. The van der Waals surface area contributed by atoms with Crippen LogP contribution in [-0.2, 0) is 42.9 Å². The van der Waals surface area contributed by atoms with E-state index in [4.69, 9.17) is 0 Å². The van der Waals surface area contributed by atoms with Crippen molar-refractivity contribution < 1.29 is 56.3 Å². The van der Waals surface area contributed by atoms with E-state index < -0.39 is 34.5 Å². The molecule has 58 heavy (non-hydrogen) atoms. The molecule has 0 spiro atoms. The smallest absolute Gasteiger partial charge is 0.418 e. The van der Waals surface area contributed by atoms with Gasteiger partial charge in [0.15, 0.2) is 5.78 Å². The molecule has 0 aliphatic carbocycles. The maximum Gasteiger partial charge on any atom is 0.418 e. The molecule has 0 amide bonds. The fraction of sp³-hybridized carbons (Fsp3) is 0.447. The van der Waals surface area contributed by atoms with Crippen molar-refractivity contribution in [1.82, 2.24) is 4.98 Å². The number of hydrogen-bond acceptors (Lipinski definition) is 4. The van der Waals surface area contributed by atoms with E-state index in [-0.39, 0.29) is 42.1 Å². The Kier molecular flexibility index (Phi) is 14.2. The zero-order valence-electron chi connectivity index (χ0n) is 35.7. The number of halogens is 6. The van der Waals surface area contributed by atoms with Crippen molar-refractivity contribution in [2.45, 2.75) is 121 Å². The van der Waals surface area contributed by atoms with Gasteiger partial charge in [-0.3, -0.25) is 9.78 Å². The number of benzene rings is 3. The standard InChI is InChI=1S/C36H37F3NS.C11H17F3O2.Ir/c1-20-14-23(18-34(4,5)6)15-21(2)29(20)32-22(3)30-28(36(37,38)39)19-40-31(33(30)41-32)25-16-24-12-10-11-13-26(24)27(17-25)35(7,8)9;1-9(2,3)7(15)6-8(16)10(4,5)11(12,13)14;/h10-15,17,19H,18H2,1-9H3;6,15H,1-5H3;/q-1;;/b;7-6-;. The van der Waals surface area contributed by atoms with Crippen LogP contribution in [0, 0.1) is 43.1 Å². The van der Waals surface area contributed by atoms with Crippen LogP contribution >= 0.6 is 11.3 Å². The van der Waals surface area contributed by atoms with Gasteiger partial charge < -0.3 is 5.11 Å². The van der Waals surface area contributed by atoms with E-state index in [9.17, 15) is 36.2 Å². The number of rotatable bonds is 5. The van der Waals surface area contributed by atoms with Crippen LogP contribution in [0.2, 0.25) is 0 Å². The van der Waals surface area contributed by atoms with E-state index in [0.717, 1.165) is 64.4 Å². The van der Waals surface area contributed by atoms with Crippen LogP contribution in [0.15, 0.2) is 60.5 Å². The molecule has 3 aromatic carbocycles. The SMILES string of the molecule is CC(C)(C)/C(O)=C/C(=O)C(C)(C)C(F)(F)F.Cc1cc(CC(C)(C)C)cc(C)c1-c1sc2c(-c3[c-]c4ccccc4c(C(C)(C)C)c3)ncc(C(F)(F)F)c2c1C.[Ir]. The van der Waals surface area contributed by atoms with Gasteiger partial charge in [0.25, 0.3) is 0 Å². The number of thiophene rings is 1. The number of hydrogen-bond donors (Lipinski definition) is 1. The summed E-state index contributed by atoms with van der Waals surface area (Å²) in [6.07, 6.45) is -6.54. The number of pyridine rings is 1. The number of aliphatic hydroxyl groups is 1. The molecule has 0 saturated heterocycles. The Balaban J connectivity index is 0.000000451. The predicted molar refractivity (Wildman–Crippen MR) is 223 cm³/mol. The molecule has 317 valence electrons. The minimum atomic E-state index is -4.63. The van der Waals surface area contributed by atoms with Gasteiger partial charge in [-0.25, -0.2) is 0 Å². The Bertz CT molecular complexity index is 2320. The monoisotopic (exact) mass is 1000 g/mol. The molecule has 1 N–H and O–H groups in total. The predicted octanol–water partition coefficient (Wildman–Crippen LogP) is 15.0. The van der Waals surface area contributed by atoms with Crippen molar-refractivity contribution in [3.05, 3.63) is 99.9 Å². The molecule has 0 aliphatic rings. The van der Waals surface area contributed by atoms with Crippen LogP contribution in [0.5, 0.6) is 0 Å². The van der Waals surface area contributed by atoms with E-state index in [1.165, 1.54) is 16.9 Å². The largest absolute Gasteiger partial charge is 0.512 e. The summed E-state index contributed by atoms with van der Waals surface area (Å²) in [5.41, 5.74) is 3.50. The molecule has 0 fully saturated rings. The van der Waals surface area contributed by atoms with Gasteiger partial charge in [-0.05, 0) is 79.7 Å². The Labute approximate surface area is 356 Å². The molecule has 0 aliphatic heterocycles. The molecule has 5 rings (SSSR count). The first-order chi connectivity index (χ1) is 25.8. The molecule has 2 heterocycles. The maximum atomic E-state index is 14.4. The van der Waals surface area contributed by atoms with E-state index >= 15 is 0 Å². The van der Waals surface area contributed by atoms with E-state index in [1.807, 2.05) is 25.1 Å². The zero-order valence-corrected chi connectivity index (χ0v) is 38.9. The minimum Gasteiger partial charge on any atom is -0.512 e. The first-order valence-electron chi connectivity index (χ1n) is 18.8. The van der Waals surface area contributed by atoms with Gasteiger partial charge >= 0.3 is 12.4 Å². The van der Waals surface area contributed by atoms with Gasteiger partial charge in [-0.1, -0.05) is 104 Å². The van der Waals surface area contributed by atoms with E-state index in [2.05, 4.69) is 90.7 Å². The molecule has 2 aromatic heterocycles. The van der Waals surface area contributed by atoms with Crippen LogP contribution < -0.4 is 0 Å². The molecular weight excluding hydrogens is 949 g/mol. The first-order valence-corrected chi connectivity index (χ1v) is 19.7. The Morgan fingerprint density at radius 1 is 0.828 bits per heavy atom. The normalized spacial score (nSPS) is 13.3. The molecule has 0 saturated carbocycles. The number of fused-ring (bicyclic) bond motifs is 2. The zero-order chi connectivity index (χ0) is 43.4. The third-order valence-electron chi connectivity index (χ3n) is 10.0. The number of allylic oxidation sites excluding steroid dienone is 2. The Hall–Kier alpha value is -3.53. The number of alkyl halides is 6. The summed E-state index contributed by atoms with van der Waals surface area (Å²) in [5.74, 6) is -1.50. The van der Waals surface area contributed by atoms with Crippen molar-refractivity contribution in [3.63, 3.8) is 0 Å². The summed E-state index contributed by atoms with van der Waals surface area (Å²) >= 11 is 1.41. The molecule has 5 aromatic rings. The van der Waals surface area contributed by atoms with Crippen LogP contribution in [0.25, 0.3) is 42.6 Å². The van der Waals surface area contributed by atoms with E-state index in [1.54, 1.807) is 20.8 Å². The quantitative estimate of drug-likeness (QED) is 0.0826. The average molecular weight is 1000 g/mol. The fourth-order valence-corrected chi connectivity index (χ4v) is 8.17. The third kappa shape index (κ3) is 10.6. The Morgan fingerprint density at radius 2 is 1.38 bits per heavy atom. The second-order valence-electron chi connectivity index (χ2n) is 18.8. The van der Waals surface area contributed by atoms with Gasteiger partial charge in [0.05, 0.1) is 5.56 Å². The van der Waals surface area contributed by atoms with Gasteiger partial charge in [-0.2, -0.15) is 26.3 Å². The topological polar surface area (TPSA) is 50.2 Å². The van der Waals surface area contributed by atoms with Gasteiger partial charge in [0.2, 0.25) is 0 Å². The summed E-state index contributed by atoms with van der Waals surface area (Å²) in [6, 6.07) is 18.0. The number of nitrogens with zero attached hydrogens (tertiary/aromatic N) is 1. The van der Waals surface area contributed by atoms with Crippen molar-refractivity contribution in [2.24, 2.45) is 16.2 Å². The molecule has 11 heteroatoms. The van der Waals surface area contributed by atoms with Gasteiger partial charge in [-0.15, -0.1) is 40.5 Å². The first kappa shape index (κ1) is 48.8. The third-order valence-corrected chi connectivity index (χ3v) is 11.3. The van der Waals surface area contributed by atoms with Crippen molar-refractivity contribution in [1.29, 1.82) is 0 Å². The average Bonchev–Trinajstić information content (AvgIpc) is 3.37. The van der Waals surface area contributed by atoms with Crippen LogP contribution in [0.4, 0.5) is 26.3 Å². The molecular formula is C47H54F6IrNO2S-. The summed E-state index contributed by atoms with van der Waals surface area (Å²) in [6.45, 7) is 25.4. The molecule has 0 atom stereocenters. The second-order valence-corrected chi connectivity index (χ2v) is 19.8. The number of carbonyl (C=O) groups is 1. The summed E-state index contributed by atoms with van der Waals surface area (Å²) in [7, 11) is 0. The fourth-order valence-electron chi connectivity index (χ4n) is 6.67. The molecule has 0 unspecified atom stereocenters. The van der Waals surface area contributed by atoms with Crippen molar-refractivity contribution in [3.8, 4) is 21.7 Å². The Morgan fingerprint density at radius 3 is 1.86 bits per heavy atom. The number of ketones is 1. The summed E-state index contributed by atoms with van der Waals surface area (Å²) < 4.78 is 81.2. The van der Waals surface area contributed by atoms with Crippen molar-refractivity contribution in [2.75, 3.05) is 0 Å².